The summed E-state index contributed by atoms with van der Waals surface area (Å²) in [6.07, 6.45) is 5.22. The summed E-state index contributed by atoms with van der Waals surface area (Å²) in [6.45, 7) is 4.46. The van der Waals surface area contributed by atoms with Crippen LogP contribution in [0.2, 0.25) is 0 Å². The molecule has 2 saturated carbocycles. The Morgan fingerprint density at radius 2 is 1.45 bits per heavy atom. The van der Waals surface area contributed by atoms with Gasteiger partial charge in [-0.3, -0.25) is 0 Å². The van der Waals surface area contributed by atoms with Gasteiger partial charge in [0.15, 0.2) is 24.5 Å². The number of esters is 2. The van der Waals surface area contributed by atoms with Crippen molar-refractivity contribution in [2.24, 2.45) is 0 Å². The molecule has 3 heterocycles. The van der Waals surface area contributed by atoms with E-state index < -0.39 is 48.6 Å². The summed E-state index contributed by atoms with van der Waals surface area (Å²) < 4.78 is 41.8. The lowest BCUT2D eigenvalue weighted by molar-refractivity contribution is -0.247. The van der Waals surface area contributed by atoms with Crippen LogP contribution >= 0.6 is 0 Å². The molecular formula is C22H30O9. The molecule has 0 bridgehead atoms. The number of hydrogen-bond acceptors (Lipinski definition) is 9. The highest BCUT2D eigenvalue weighted by atomic mass is 16.9. The molecular weight excluding hydrogens is 408 g/mol. The molecule has 0 aromatic rings. The van der Waals surface area contributed by atoms with Crippen LogP contribution < -0.4 is 0 Å². The van der Waals surface area contributed by atoms with Gasteiger partial charge in [0.2, 0.25) is 0 Å². The Balaban J connectivity index is 1.26. The summed E-state index contributed by atoms with van der Waals surface area (Å²) in [5, 5.41) is 0. The molecule has 5 atom stereocenters. The van der Waals surface area contributed by atoms with Gasteiger partial charge in [-0.15, -0.1) is 0 Å². The highest BCUT2D eigenvalue weighted by Gasteiger charge is 2.64. The van der Waals surface area contributed by atoms with E-state index in [9.17, 15) is 9.59 Å². The number of carbonyl (C=O) groups is 2. The van der Waals surface area contributed by atoms with Crippen LogP contribution in [0.3, 0.4) is 0 Å². The van der Waals surface area contributed by atoms with Crippen LogP contribution in [0.15, 0.2) is 12.2 Å². The number of carbonyl (C=O) groups excluding carboxylic acids is 2. The number of hydrogen-bond donors (Lipinski definition) is 0. The van der Waals surface area contributed by atoms with Crippen LogP contribution in [0, 0.1) is 0 Å². The third-order valence-corrected chi connectivity index (χ3v) is 6.78. The van der Waals surface area contributed by atoms with Crippen molar-refractivity contribution in [3.8, 4) is 0 Å². The predicted octanol–water partition coefficient (Wildman–Crippen LogP) is 2.11. The first-order valence-corrected chi connectivity index (χ1v) is 11.2. The van der Waals surface area contributed by atoms with Crippen molar-refractivity contribution in [1.29, 1.82) is 0 Å². The molecule has 0 aromatic carbocycles. The van der Waals surface area contributed by atoms with E-state index in [-0.39, 0.29) is 24.4 Å². The van der Waals surface area contributed by atoms with E-state index in [0.29, 0.717) is 0 Å². The standard InChI is InChI=1S/C22H30O9/c1-13(2)19(24)26-12-15(23)25-11-14-16-17(29-21(28-16)7-3-4-8-21)18-20(27-14)31-22(30-18)9-5-6-10-22/h14,16-18,20H,1,3-12H2,2H3/t14-,16+,17+,18-,20-/m1/s1. The number of rotatable bonds is 5. The summed E-state index contributed by atoms with van der Waals surface area (Å²) >= 11 is 0. The molecule has 9 nitrogen and oxygen atoms in total. The van der Waals surface area contributed by atoms with E-state index in [1.807, 2.05) is 0 Å². The fraction of sp³-hybridized carbons (Fsp3) is 0.818. The van der Waals surface area contributed by atoms with Crippen molar-refractivity contribution >= 4 is 11.9 Å². The van der Waals surface area contributed by atoms with Crippen LogP contribution in [-0.4, -0.2) is 67.4 Å². The smallest absolute Gasteiger partial charge is 0.344 e. The Morgan fingerprint density at radius 1 is 0.871 bits per heavy atom. The average Bonchev–Trinajstić information content (AvgIpc) is 3.52. The van der Waals surface area contributed by atoms with Crippen LogP contribution in [0.1, 0.15) is 58.3 Å². The first-order chi connectivity index (χ1) is 14.9. The van der Waals surface area contributed by atoms with Crippen LogP contribution in [0.4, 0.5) is 0 Å². The van der Waals surface area contributed by atoms with Crippen molar-refractivity contribution in [1.82, 2.24) is 0 Å². The van der Waals surface area contributed by atoms with Gasteiger partial charge in [-0.1, -0.05) is 6.58 Å². The minimum absolute atomic E-state index is 0.0519. The van der Waals surface area contributed by atoms with Crippen molar-refractivity contribution in [3.63, 3.8) is 0 Å². The molecule has 31 heavy (non-hydrogen) atoms. The zero-order valence-electron chi connectivity index (χ0n) is 17.8. The zero-order valence-corrected chi connectivity index (χ0v) is 17.8. The third-order valence-electron chi connectivity index (χ3n) is 6.78. The highest BCUT2D eigenvalue weighted by Crippen LogP contribution is 2.51. The van der Waals surface area contributed by atoms with E-state index in [1.54, 1.807) is 0 Å². The first-order valence-electron chi connectivity index (χ1n) is 11.2. The molecule has 3 aliphatic heterocycles. The van der Waals surface area contributed by atoms with Crippen molar-refractivity contribution in [2.75, 3.05) is 13.2 Å². The van der Waals surface area contributed by atoms with Gasteiger partial charge in [-0.2, -0.15) is 0 Å². The summed E-state index contributed by atoms with van der Waals surface area (Å²) in [5.41, 5.74) is 0.217. The lowest BCUT2D eigenvalue weighted by atomic mass is 9.99. The molecule has 5 rings (SSSR count). The van der Waals surface area contributed by atoms with Gasteiger partial charge in [0.1, 0.15) is 31.0 Å². The van der Waals surface area contributed by atoms with Gasteiger partial charge in [0.05, 0.1) is 0 Å². The second-order valence-electron chi connectivity index (χ2n) is 9.18. The average molecular weight is 438 g/mol. The lowest BCUT2D eigenvalue weighted by Crippen LogP contribution is -2.56. The maximum Gasteiger partial charge on any atom is 0.344 e. The van der Waals surface area contributed by atoms with E-state index >= 15 is 0 Å². The Morgan fingerprint density at radius 3 is 2.10 bits per heavy atom. The van der Waals surface area contributed by atoms with Crippen LogP contribution in [-0.2, 0) is 42.7 Å². The molecule has 3 saturated heterocycles. The van der Waals surface area contributed by atoms with Crippen molar-refractivity contribution in [3.05, 3.63) is 12.2 Å². The Hall–Kier alpha value is -1.52. The maximum atomic E-state index is 12.1. The van der Waals surface area contributed by atoms with Gasteiger partial charge in [-0.05, 0) is 32.6 Å². The molecule has 0 unspecified atom stereocenters. The summed E-state index contributed by atoms with van der Waals surface area (Å²) in [7, 11) is 0. The molecule has 2 aliphatic carbocycles. The molecule has 5 aliphatic rings. The van der Waals surface area contributed by atoms with Crippen molar-refractivity contribution < 1.29 is 42.7 Å². The van der Waals surface area contributed by atoms with Gasteiger partial charge < -0.3 is 33.2 Å². The topological polar surface area (TPSA) is 98.8 Å². The zero-order chi connectivity index (χ0) is 21.6. The normalized spacial score (nSPS) is 37.0. The quantitative estimate of drug-likeness (QED) is 0.472. The van der Waals surface area contributed by atoms with Gasteiger partial charge >= 0.3 is 11.9 Å². The molecule has 5 fully saturated rings. The monoisotopic (exact) mass is 438 g/mol. The fourth-order valence-corrected chi connectivity index (χ4v) is 5.28. The predicted molar refractivity (Wildman–Crippen MR) is 103 cm³/mol. The highest BCUT2D eigenvalue weighted by molar-refractivity contribution is 5.88. The summed E-state index contributed by atoms with van der Waals surface area (Å²) in [5.74, 6) is -2.54. The largest absolute Gasteiger partial charge is 0.460 e. The van der Waals surface area contributed by atoms with E-state index in [4.69, 9.17) is 33.2 Å². The number of ether oxygens (including phenoxy) is 7. The molecule has 0 radical (unpaired) electrons. The first kappa shape index (κ1) is 21.3. The third kappa shape index (κ3) is 4.02. The minimum Gasteiger partial charge on any atom is -0.460 e. The second kappa shape index (κ2) is 8.12. The molecule has 2 spiro atoms. The summed E-state index contributed by atoms with van der Waals surface area (Å²) in [6, 6.07) is 0. The minimum atomic E-state index is -0.665. The van der Waals surface area contributed by atoms with Crippen LogP contribution in [0.25, 0.3) is 0 Å². The Bertz CT molecular complexity index is 737. The van der Waals surface area contributed by atoms with Gasteiger partial charge in [0.25, 0.3) is 0 Å². The number of fused-ring (bicyclic) bond motifs is 3. The van der Waals surface area contributed by atoms with E-state index in [0.717, 1.165) is 51.4 Å². The summed E-state index contributed by atoms with van der Waals surface area (Å²) in [4.78, 5) is 23.5. The Labute approximate surface area is 181 Å². The molecule has 9 heteroatoms. The SMILES string of the molecule is C=C(C)C(=O)OCC(=O)OC[C@H]1O[C@@H]2OC3(CCCC3)O[C@@H]2[C@H]2OC3(CCCC3)O[C@H]21. The second-order valence-corrected chi connectivity index (χ2v) is 9.18. The molecule has 0 aromatic heterocycles. The van der Waals surface area contributed by atoms with E-state index in [1.165, 1.54) is 6.92 Å². The molecule has 0 amide bonds. The van der Waals surface area contributed by atoms with Crippen LogP contribution in [0.5, 0.6) is 0 Å². The molecule has 0 N–H and O–H groups in total. The maximum absolute atomic E-state index is 12.1. The molecule has 172 valence electrons. The van der Waals surface area contributed by atoms with Gasteiger partial charge in [-0.25, -0.2) is 9.59 Å². The van der Waals surface area contributed by atoms with Crippen molar-refractivity contribution in [2.45, 2.75) is 101 Å². The Kier molecular flexibility index (Phi) is 5.58. The fourth-order valence-electron chi connectivity index (χ4n) is 5.28. The lowest BCUT2D eigenvalue weighted by Gasteiger charge is -2.36. The van der Waals surface area contributed by atoms with Gasteiger partial charge in [0, 0.05) is 31.3 Å². The van der Waals surface area contributed by atoms with E-state index in [2.05, 4.69) is 6.58 Å².